The van der Waals surface area contributed by atoms with Crippen LogP contribution >= 0.6 is 11.3 Å². The first kappa shape index (κ1) is 14.5. The van der Waals surface area contributed by atoms with Crippen molar-refractivity contribution in [3.05, 3.63) is 58.6 Å². The van der Waals surface area contributed by atoms with Gasteiger partial charge < -0.3 is 4.90 Å². The molecule has 1 saturated carbocycles. The summed E-state index contributed by atoms with van der Waals surface area (Å²) in [6.45, 7) is 4.63. The fourth-order valence-corrected chi connectivity index (χ4v) is 6.34. The Morgan fingerprint density at radius 3 is 2.71 bits per heavy atom. The summed E-state index contributed by atoms with van der Waals surface area (Å²) in [4.78, 5) is 10.1. The maximum absolute atomic E-state index is 4.65. The monoisotopic (exact) mass is 334 g/mol. The number of anilines is 1. The van der Waals surface area contributed by atoms with Gasteiger partial charge in [0.2, 0.25) is 0 Å². The molecule has 0 saturated heterocycles. The Labute approximate surface area is 147 Å². The predicted octanol–water partition coefficient (Wildman–Crippen LogP) is 5.96. The van der Waals surface area contributed by atoms with Gasteiger partial charge in [-0.1, -0.05) is 37.1 Å². The highest BCUT2D eigenvalue weighted by Gasteiger charge is 2.52. The Balaban J connectivity index is 1.80. The van der Waals surface area contributed by atoms with Crippen molar-refractivity contribution in [1.82, 2.24) is 4.98 Å². The van der Waals surface area contributed by atoms with Crippen molar-refractivity contribution < 1.29 is 0 Å². The van der Waals surface area contributed by atoms with E-state index in [9.17, 15) is 0 Å². The van der Waals surface area contributed by atoms with Crippen LogP contribution in [0.4, 0.5) is 5.69 Å². The molecule has 2 aromatic heterocycles. The molecule has 3 aromatic rings. The maximum atomic E-state index is 4.65. The van der Waals surface area contributed by atoms with E-state index in [0.717, 1.165) is 0 Å². The second-order valence-electron chi connectivity index (χ2n) is 7.27. The van der Waals surface area contributed by atoms with Crippen LogP contribution in [0, 0.1) is 6.92 Å². The number of fused-ring (bicyclic) bond motifs is 4. The van der Waals surface area contributed by atoms with Gasteiger partial charge in [-0.25, -0.2) is 4.98 Å². The standard InChI is InChI=1S/C21H22N2S/c1-14-8-3-4-10-17(14)23-15(2)19-18(21(23)11-5-6-12-21)16-9-7-13-22-20(16)24-19/h3-4,7-10,13,15H,5-6,11-12H2,1-2H3. The van der Waals surface area contributed by atoms with Crippen LogP contribution in [-0.2, 0) is 5.54 Å². The van der Waals surface area contributed by atoms with Crippen LogP contribution in [0.1, 0.15) is 54.7 Å². The number of thiophene rings is 1. The summed E-state index contributed by atoms with van der Waals surface area (Å²) < 4.78 is 0. The van der Waals surface area contributed by atoms with Crippen LogP contribution in [0.15, 0.2) is 42.6 Å². The molecule has 1 unspecified atom stereocenters. The van der Waals surface area contributed by atoms with Gasteiger partial charge in [-0.05, 0) is 44.4 Å². The first-order chi connectivity index (χ1) is 11.7. The van der Waals surface area contributed by atoms with Gasteiger partial charge in [-0.15, -0.1) is 11.3 Å². The third-order valence-electron chi connectivity index (χ3n) is 5.99. The Kier molecular flexibility index (Phi) is 3.05. The van der Waals surface area contributed by atoms with E-state index in [1.54, 1.807) is 5.56 Å². The van der Waals surface area contributed by atoms with Crippen molar-refractivity contribution in [3.8, 4) is 0 Å². The van der Waals surface area contributed by atoms with E-state index in [0.29, 0.717) is 6.04 Å². The number of pyridine rings is 1. The van der Waals surface area contributed by atoms with E-state index in [4.69, 9.17) is 0 Å². The summed E-state index contributed by atoms with van der Waals surface area (Å²) in [6, 6.07) is 13.7. The zero-order valence-electron chi connectivity index (χ0n) is 14.2. The van der Waals surface area contributed by atoms with E-state index < -0.39 is 0 Å². The van der Waals surface area contributed by atoms with Gasteiger partial charge in [0.1, 0.15) is 4.83 Å². The smallest absolute Gasteiger partial charge is 0.123 e. The largest absolute Gasteiger partial charge is 0.354 e. The first-order valence-corrected chi connectivity index (χ1v) is 9.77. The molecule has 1 atom stereocenters. The molecule has 122 valence electrons. The van der Waals surface area contributed by atoms with Crippen molar-refractivity contribution in [2.75, 3.05) is 4.90 Å². The lowest BCUT2D eigenvalue weighted by atomic mass is 9.87. The van der Waals surface area contributed by atoms with E-state index in [1.807, 2.05) is 17.5 Å². The van der Waals surface area contributed by atoms with Crippen LogP contribution in [0.5, 0.6) is 0 Å². The highest BCUT2D eigenvalue weighted by molar-refractivity contribution is 7.19. The molecule has 1 aromatic carbocycles. The highest BCUT2D eigenvalue weighted by Crippen LogP contribution is 2.60. The van der Waals surface area contributed by atoms with E-state index in [1.165, 1.54) is 52.0 Å². The van der Waals surface area contributed by atoms with Gasteiger partial charge in [0.25, 0.3) is 0 Å². The van der Waals surface area contributed by atoms with Gasteiger partial charge in [0.05, 0.1) is 11.6 Å². The van der Waals surface area contributed by atoms with Crippen LogP contribution in [0.25, 0.3) is 10.2 Å². The third-order valence-corrected chi connectivity index (χ3v) is 7.28. The zero-order valence-corrected chi connectivity index (χ0v) is 15.1. The van der Waals surface area contributed by atoms with Crippen molar-refractivity contribution in [2.45, 2.75) is 51.1 Å². The Bertz CT molecular complexity index is 920. The van der Waals surface area contributed by atoms with E-state index in [-0.39, 0.29) is 5.54 Å². The molecule has 0 radical (unpaired) electrons. The number of para-hydroxylation sites is 1. The van der Waals surface area contributed by atoms with Crippen LogP contribution in [0.3, 0.4) is 0 Å². The Morgan fingerprint density at radius 1 is 1.12 bits per heavy atom. The summed E-state index contributed by atoms with van der Waals surface area (Å²) in [5.74, 6) is 0. The highest BCUT2D eigenvalue weighted by atomic mass is 32.1. The molecule has 2 aliphatic rings. The summed E-state index contributed by atoms with van der Waals surface area (Å²) in [5, 5.41) is 1.39. The molecule has 24 heavy (non-hydrogen) atoms. The van der Waals surface area contributed by atoms with Crippen molar-refractivity contribution in [3.63, 3.8) is 0 Å². The topological polar surface area (TPSA) is 16.1 Å². The molecule has 3 heterocycles. The Hall–Kier alpha value is -1.87. The second-order valence-corrected chi connectivity index (χ2v) is 8.30. The summed E-state index contributed by atoms with van der Waals surface area (Å²) in [7, 11) is 0. The number of rotatable bonds is 1. The molecule has 3 heteroatoms. The SMILES string of the molecule is Cc1ccccc1N1C(C)c2sc3ncccc3c2C12CCCC2. The van der Waals surface area contributed by atoms with Gasteiger partial charge in [-0.3, -0.25) is 0 Å². The minimum absolute atomic E-state index is 0.169. The average Bonchev–Trinajstić information content (AvgIpc) is 3.26. The van der Waals surface area contributed by atoms with Gasteiger partial charge in [0.15, 0.2) is 0 Å². The van der Waals surface area contributed by atoms with Crippen LogP contribution < -0.4 is 4.90 Å². The minimum Gasteiger partial charge on any atom is -0.354 e. The van der Waals surface area contributed by atoms with E-state index >= 15 is 0 Å². The second kappa shape index (κ2) is 5.06. The molecule has 0 amide bonds. The lowest BCUT2D eigenvalue weighted by molar-refractivity contribution is 0.418. The van der Waals surface area contributed by atoms with Crippen LogP contribution in [0.2, 0.25) is 0 Å². The van der Waals surface area contributed by atoms with Crippen LogP contribution in [-0.4, -0.2) is 4.98 Å². The molecular formula is C21H22N2S. The number of nitrogens with zero attached hydrogens (tertiary/aromatic N) is 2. The minimum atomic E-state index is 0.169. The first-order valence-electron chi connectivity index (χ1n) is 8.95. The number of hydrogen-bond donors (Lipinski definition) is 0. The Morgan fingerprint density at radius 2 is 1.92 bits per heavy atom. The molecule has 0 bridgehead atoms. The summed E-state index contributed by atoms with van der Waals surface area (Å²) >= 11 is 1.91. The summed E-state index contributed by atoms with van der Waals surface area (Å²) in [6.07, 6.45) is 7.11. The zero-order chi connectivity index (χ0) is 16.3. The average molecular weight is 334 g/mol. The van der Waals surface area contributed by atoms with Crippen molar-refractivity contribution >= 4 is 27.2 Å². The predicted molar refractivity (Wildman–Crippen MR) is 102 cm³/mol. The van der Waals surface area contributed by atoms with E-state index in [2.05, 4.69) is 60.1 Å². The third kappa shape index (κ3) is 1.74. The molecule has 0 N–H and O–H groups in total. The molecule has 5 rings (SSSR count). The number of hydrogen-bond acceptors (Lipinski definition) is 3. The molecule has 1 aliphatic carbocycles. The number of aromatic nitrogens is 1. The van der Waals surface area contributed by atoms with Gasteiger partial charge >= 0.3 is 0 Å². The number of aryl methyl sites for hydroxylation is 1. The molecular weight excluding hydrogens is 312 g/mol. The molecule has 1 aliphatic heterocycles. The molecule has 1 fully saturated rings. The van der Waals surface area contributed by atoms with Crippen molar-refractivity contribution in [2.24, 2.45) is 0 Å². The molecule has 2 nitrogen and oxygen atoms in total. The quantitative estimate of drug-likeness (QED) is 0.546. The fourth-order valence-electron chi connectivity index (χ4n) is 5.06. The van der Waals surface area contributed by atoms with Crippen molar-refractivity contribution in [1.29, 1.82) is 0 Å². The number of benzene rings is 1. The lowest BCUT2D eigenvalue weighted by Gasteiger charge is -2.41. The molecule has 1 spiro atoms. The normalized spacial score (nSPS) is 21.8. The van der Waals surface area contributed by atoms with Gasteiger partial charge in [0, 0.05) is 27.7 Å². The maximum Gasteiger partial charge on any atom is 0.123 e. The fraction of sp³-hybridized carbons (Fsp3) is 0.381. The summed E-state index contributed by atoms with van der Waals surface area (Å²) in [5.41, 5.74) is 4.55. The lowest BCUT2D eigenvalue weighted by Crippen LogP contribution is -2.40. The van der Waals surface area contributed by atoms with Gasteiger partial charge in [-0.2, -0.15) is 0 Å².